The number of carbonyl (C=O) groups is 2. The lowest BCUT2D eigenvalue weighted by atomic mass is 9.96. The number of likely N-dealkylation sites (tertiary alicyclic amines) is 1. The van der Waals surface area contributed by atoms with E-state index in [4.69, 9.17) is 0 Å². The highest BCUT2D eigenvalue weighted by atomic mass is 16.2. The van der Waals surface area contributed by atoms with Crippen LogP contribution >= 0.6 is 0 Å². The molecule has 1 saturated heterocycles. The first-order chi connectivity index (χ1) is 16.2. The van der Waals surface area contributed by atoms with Gasteiger partial charge in [0.1, 0.15) is 5.82 Å². The van der Waals surface area contributed by atoms with Crippen LogP contribution in [0.3, 0.4) is 0 Å². The van der Waals surface area contributed by atoms with E-state index in [1.54, 1.807) is 15.6 Å². The van der Waals surface area contributed by atoms with Gasteiger partial charge in [0.05, 0.1) is 18.0 Å². The van der Waals surface area contributed by atoms with Crippen molar-refractivity contribution < 1.29 is 9.59 Å². The van der Waals surface area contributed by atoms with E-state index in [0.717, 1.165) is 46.9 Å². The molecule has 0 spiro atoms. The number of rotatable bonds is 5. The number of carbonyl (C=O) groups excluding carboxylic acids is 2. The van der Waals surface area contributed by atoms with E-state index in [1.807, 2.05) is 52.8 Å². The van der Waals surface area contributed by atoms with Gasteiger partial charge in [0.25, 0.3) is 5.95 Å². The Hall–Kier alpha value is -3.62. The number of hydrogen-bond donors (Lipinski definition) is 1. The minimum absolute atomic E-state index is 0.00160. The Morgan fingerprint density at radius 3 is 2.47 bits per heavy atom. The number of nitrogens with one attached hydrogen (secondary N) is 1. The number of aromatic nitrogens is 5. The molecular weight excluding hydrogens is 430 g/mol. The number of aryl methyl sites for hydroxylation is 4. The summed E-state index contributed by atoms with van der Waals surface area (Å²) in [6, 6.07) is 7.44. The molecule has 1 aliphatic rings. The fourth-order valence-corrected chi connectivity index (χ4v) is 4.45. The van der Waals surface area contributed by atoms with E-state index in [2.05, 4.69) is 25.4 Å². The molecule has 1 aliphatic heterocycles. The van der Waals surface area contributed by atoms with Gasteiger partial charge in [-0.15, -0.1) is 0 Å². The normalized spacial score (nSPS) is 15.9. The average molecular weight is 462 g/mol. The minimum Gasteiger partial charge on any atom is -0.342 e. The Balaban J connectivity index is 1.45. The van der Waals surface area contributed by atoms with Crippen LogP contribution in [0.5, 0.6) is 0 Å². The first-order valence-electron chi connectivity index (χ1n) is 11.6. The van der Waals surface area contributed by atoms with Gasteiger partial charge in [-0.2, -0.15) is 5.10 Å². The van der Waals surface area contributed by atoms with Gasteiger partial charge in [-0.3, -0.25) is 9.59 Å². The van der Waals surface area contributed by atoms with Crippen LogP contribution < -0.4 is 5.32 Å². The molecule has 9 nitrogen and oxygen atoms in total. The molecule has 1 unspecified atom stereocenters. The van der Waals surface area contributed by atoms with Crippen molar-refractivity contribution in [3.05, 3.63) is 58.3 Å². The Bertz CT molecular complexity index is 1210. The maximum Gasteiger partial charge on any atom is 0.251 e. The van der Waals surface area contributed by atoms with Crippen molar-refractivity contribution in [1.82, 2.24) is 29.6 Å². The zero-order valence-corrected chi connectivity index (χ0v) is 20.4. The summed E-state index contributed by atoms with van der Waals surface area (Å²) < 4.78 is 1.71. The number of nitrogens with zero attached hydrogens (tertiary/aromatic N) is 6. The quantitative estimate of drug-likeness (QED) is 0.626. The highest BCUT2D eigenvalue weighted by Gasteiger charge is 2.29. The van der Waals surface area contributed by atoms with E-state index in [-0.39, 0.29) is 24.2 Å². The summed E-state index contributed by atoms with van der Waals surface area (Å²) in [5.74, 6) is 0.701. The lowest BCUT2D eigenvalue weighted by Gasteiger charge is -2.32. The van der Waals surface area contributed by atoms with E-state index in [0.29, 0.717) is 24.9 Å². The number of piperidine rings is 1. The second-order valence-corrected chi connectivity index (χ2v) is 9.02. The molecule has 9 heteroatoms. The van der Waals surface area contributed by atoms with Crippen LogP contribution in [0.2, 0.25) is 0 Å². The Kier molecular flexibility index (Phi) is 6.72. The Morgan fingerprint density at radius 2 is 1.76 bits per heavy atom. The Morgan fingerprint density at radius 1 is 1.03 bits per heavy atom. The summed E-state index contributed by atoms with van der Waals surface area (Å²) in [7, 11) is 0. The van der Waals surface area contributed by atoms with Crippen molar-refractivity contribution in [1.29, 1.82) is 0 Å². The molecule has 4 heterocycles. The maximum absolute atomic E-state index is 13.2. The van der Waals surface area contributed by atoms with Gasteiger partial charge in [-0.1, -0.05) is 6.07 Å². The molecule has 1 N–H and O–H groups in total. The average Bonchev–Trinajstić information content (AvgIpc) is 3.07. The molecule has 0 saturated carbocycles. The van der Waals surface area contributed by atoms with E-state index < -0.39 is 0 Å². The second kappa shape index (κ2) is 9.70. The summed E-state index contributed by atoms with van der Waals surface area (Å²) in [4.78, 5) is 41.2. The molecule has 2 amide bonds. The van der Waals surface area contributed by atoms with E-state index in [1.165, 1.54) is 0 Å². The molecule has 0 radical (unpaired) electrons. The predicted molar refractivity (Wildman–Crippen MR) is 129 cm³/mol. The summed E-state index contributed by atoms with van der Waals surface area (Å²) in [5, 5.41) is 7.50. The molecule has 0 aromatic carbocycles. The molecule has 34 heavy (non-hydrogen) atoms. The van der Waals surface area contributed by atoms with Crippen molar-refractivity contribution >= 4 is 17.6 Å². The minimum atomic E-state index is -0.256. The predicted octanol–water partition coefficient (Wildman–Crippen LogP) is 3.02. The van der Waals surface area contributed by atoms with Crippen LogP contribution in [0.15, 0.2) is 24.3 Å². The van der Waals surface area contributed by atoms with Gasteiger partial charge < -0.3 is 10.2 Å². The molecule has 3 aromatic heterocycles. The fraction of sp³-hybridized carbons (Fsp3) is 0.440. The van der Waals surface area contributed by atoms with Gasteiger partial charge in [-0.05, 0) is 65.7 Å². The zero-order valence-electron chi connectivity index (χ0n) is 20.4. The number of pyridine rings is 1. The highest BCUT2D eigenvalue weighted by Crippen LogP contribution is 2.22. The monoisotopic (exact) mass is 461 g/mol. The molecule has 0 aliphatic carbocycles. The third-order valence-electron chi connectivity index (χ3n) is 6.21. The smallest absolute Gasteiger partial charge is 0.251 e. The van der Waals surface area contributed by atoms with Crippen molar-refractivity contribution in [3.8, 4) is 5.95 Å². The van der Waals surface area contributed by atoms with Gasteiger partial charge in [0, 0.05) is 41.4 Å². The number of amides is 2. The summed E-state index contributed by atoms with van der Waals surface area (Å²) in [5.41, 5.74) is 5.09. The summed E-state index contributed by atoms with van der Waals surface area (Å²) in [6.07, 6.45) is 1.77. The third-order valence-corrected chi connectivity index (χ3v) is 6.21. The third kappa shape index (κ3) is 5.13. The number of anilines is 1. The Labute approximate surface area is 199 Å². The van der Waals surface area contributed by atoms with Gasteiger partial charge in [-0.25, -0.2) is 19.6 Å². The standard InChI is InChI=1S/C25H31N7O2/c1-15-8-6-10-22(26-15)29-24(34)20-9-7-11-31(14-20)23(33)13-21-18(4)30-32(19(21)5)25-27-16(2)12-17(3)28-25/h6,8,10,12,20H,7,9,11,13-14H2,1-5H3,(H,26,29,34). The molecule has 1 fully saturated rings. The van der Waals surface area contributed by atoms with Crippen molar-refractivity contribution in [2.24, 2.45) is 5.92 Å². The lowest BCUT2D eigenvalue weighted by molar-refractivity contribution is -0.134. The first-order valence-corrected chi connectivity index (χ1v) is 11.6. The van der Waals surface area contributed by atoms with E-state index in [9.17, 15) is 9.59 Å². The van der Waals surface area contributed by atoms with Crippen LogP contribution in [0.25, 0.3) is 5.95 Å². The molecular formula is C25H31N7O2. The topological polar surface area (TPSA) is 106 Å². The van der Waals surface area contributed by atoms with Gasteiger partial charge >= 0.3 is 0 Å². The second-order valence-electron chi connectivity index (χ2n) is 9.02. The van der Waals surface area contributed by atoms with Crippen LogP contribution in [0, 0.1) is 40.5 Å². The fourth-order valence-electron chi connectivity index (χ4n) is 4.45. The van der Waals surface area contributed by atoms with Crippen molar-refractivity contribution in [3.63, 3.8) is 0 Å². The summed E-state index contributed by atoms with van der Waals surface area (Å²) in [6.45, 7) is 10.6. The molecule has 0 bridgehead atoms. The lowest BCUT2D eigenvalue weighted by Crippen LogP contribution is -2.44. The van der Waals surface area contributed by atoms with Crippen LogP contribution in [-0.4, -0.2) is 54.5 Å². The zero-order chi connectivity index (χ0) is 24.4. The molecule has 3 aromatic rings. The highest BCUT2D eigenvalue weighted by molar-refractivity contribution is 5.92. The largest absolute Gasteiger partial charge is 0.342 e. The van der Waals surface area contributed by atoms with Crippen molar-refractivity contribution in [2.45, 2.75) is 53.9 Å². The number of hydrogen-bond acceptors (Lipinski definition) is 6. The van der Waals surface area contributed by atoms with Gasteiger partial charge in [0.15, 0.2) is 0 Å². The molecule has 178 valence electrons. The van der Waals surface area contributed by atoms with Crippen LogP contribution in [0.4, 0.5) is 5.82 Å². The molecule has 1 atom stereocenters. The van der Waals surface area contributed by atoms with Gasteiger partial charge in [0.2, 0.25) is 11.8 Å². The van der Waals surface area contributed by atoms with Crippen LogP contribution in [-0.2, 0) is 16.0 Å². The molecule has 4 rings (SSSR count). The van der Waals surface area contributed by atoms with Crippen LogP contribution in [0.1, 0.15) is 46.9 Å². The SMILES string of the molecule is Cc1cccc(NC(=O)C2CCCN(C(=O)Cc3c(C)nn(-c4nc(C)cc(C)n4)c3C)C2)n1. The maximum atomic E-state index is 13.2. The van der Waals surface area contributed by atoms with Crippen molar-refractivity contribution in [2.75, 3.05) is 18.4 Å². The summed E-state index contributed by atoms with van der Waals surface area (Å²) >= 11 is 0. The van der Waals surface area contributed by atoms with E-state index >= 15 is 0 Å². The first kappa shape index (κ1) is 23.5.